The second-order valence-corrected chi connectivity index (χ2v) is 5.18. The summed E-state index contributed by atoms with van der Waals surface area (Å²) in [4.78, 5) is 23.6. The molecule has 0 aliphatic heterocycles. The van der Waals surface area contributed by atoms with Gasteiger partial charge in [-0.25, -0.2) is 9.59 Å². The van der Waals surface area contributed by atoms with Crippen LogP contribution in [-0.2, 0) is 27.4 Å². The van der Waals surface area contributed by atoms with Crippen molar-refractivity contribution >= 4 is 11.9 Å². The summed E-state index contributed by atoms with van der Waals surface area (Å²) in [6.45, 7) is -0.0541. The third-order valence-electron chi connectivity index (χ3n) is 3.38. The van der Waals surface area contributed by atoms with Crippen molar-refractivity contribution in [2.75, 3.05) is 0 Å². The number of rotatable bonds is 6. The number of aliphatic carboxylic acids is 1. The summed E-state index contributed by atoms with van der Waals surface area (Å²) < 4.78 is 5.06. The Balaban J connectivity index is 2.10. The number of aromatic hydroxyl groups is 1. The number of phenolic OH excluding ortho intramolecular Hbond substituents is 1. The summed E-state index contributed by atoms with van der Waals surface area (Å²) >= 11 is 0. The van der Waals surface area contributed by atoms with Gasteiger partial charge in [0.05, 0.1) is 0 Å². The molecule has 0 aromatic heterocycles. The molecule has 0 amide bonds. The molecule has 6 heteroatoms. The standard InChI is InChI=1S/C17H17NO5/c18-17(15(20)21,10-12-6-8-14(19)9-7-12)16(22)23-11-13-4-2-1-3-5-13/h1-9,19H,10-11,18H2,(H,20,21). The largest absolute Gasteiger partial charge is 0.508 e. The second-order valence-electron chi connectivity index (χ2n) is 5.18. The van der Waals surface area contributed by atoms with Crippen molar-refractivity contribution in [3.63, 3.8) is 0 Å². The number of phenols is 1. The molecule has 0 heterocycles. The Morgan fingerprint density at radius 3 is 2.17 bits per heavy atom. The third kappa shape index (κ3) is 4.08. The molecule has 0 aliphatic carbocycles. The molecule has 0 saturated heterocycles. The first-order valence-electron chi connectivity index (χ1n) is 6.93. The molecule has 0 bridgehead atoms. The van der Waals surface area contributed by atoms with Crippen molar-refractivity contribution in [3.05, 3.63) is 65.7 Å². The van der Waals surface area contributed by atoms with E-state index in [1.807, 2.05) is 6.07 Å². The number of carbonyl (C=O) groups excluding carboxylic acids is 1. The molecule has 6 nitrogen and oxygen atoms in total. The highest BCUT2D eigenvalue weighted by atomic mass is 16.5. The van der Waals surface area contributed by atoms with Crippen LogP contribution in [0.25, 0.3) is 0 Å². The summed E-state index contributed by atoms with van der Waals surface area (Å²) in [5.74, 6) is -2.44. The number of hydrogen-bond donors (Lipinski definition) is 3. The van der Waals surface area contributed by atoms with E-state index in [2.05, 4.69) is 0 Å². The smallest absolute Gasteiger partial charge is 0.338 e. The minimum Gasteiger partial charge on any atom is -0.508 e. The maximum absolute atomic E-state index is 12.2. The van der Waals surface area contributed by atoms with E-state index in [1.165, 1.54) is 24.3 Å². The first-order chi connectivity index (χ1) is 10.9. The van der Waals surface area contributed by atoms with Gasteiger partial charge in [-0.1, -0.05) is 42.5 Å². The lowest BCUT2D eigenvalue weighted by molar-refractivity contribution is -0.161. The minimum absolute atomic E-state index is 0.0401. The Kier molecular flexibility index (Phi) is 4.98. The molecular formula is C17H17NO5. The first kappa shape index (κ1) is 16.5. The highest BCUT2D eigenvalue weighted by Crippen LogP contribution is 2.17. The first-order valence-corrected chi connectivity index (χ1v) is 6.93. The van der Waals surface area contributed by atoms with E-state index in [9.17, 15) is 19.8 Å². The average Bonchev–Trinajstić information content (AvgIpc) is 2.55. The van der Waals surface area contributed by atoms with Crippen molar-refractivity contribution < 1.29 is 24.5 Å². The summed E-state index contributed by atoms with van der Waals surface area (Å²) in [6, 6.07) is 14.7. The van der Waals surface area contributed by atoms with Crippen molar-refractivity contribution in [1.29, 1.82) is 0 Å². The van der Waals surface area contributed by atoms with Crippen molar-refractivity contribution in [3.8, 4) is 5.75 Å². The van der Waals surface area contributed by atoms with Gasteiger partial charge >= 0.3 is 11.9 Å². The Hall–Kier alpha value is -2.86. The lowest BCUT2D eigenvalue weighted by Crippen LogP contribution is -2.57. The van der Waals surface area contributed by atoms with Crippen LogP contribution in [0, 0.1) is 0 Å². The van der Waals surface area contributed by atoms with Crippen molar-refractivity contribution in [1.82, 2.24) is 0 Å². The van der Waals surface area contributed by atoms with E-state index in [0.717, 1.165) is 5.56 Å². The zero-order valence-electron chi connectivity index (χ0n) is 12.3. The Labute approximate surface area is 133 Å². The molecule has 2 aromatic carbocycles. The van der Waals surface area contributed by atoms with Crippen LogP contribution in [0.1, 0.15) is 11.1 Å². The number of carboxylic acids is 1. The molecule has 0 radical (unpaired) electrons. The van der Waals surface area contributed by atoms with Crippen molar-refractivity contribution in [2.24, 2.45) is 5.73 Å². The van der Waals surface area contributed by atoms with E-state index in [1.54, 1.807) is 24.3 Å². The van der Waals surface area contributed by atoms with E-state index in [4.69, 9.17) is 10.5 Å². The van der Waals surface area contributed by atoms with Crippen LogP contribution in [0.4, 0.5) is 0 Å². The van der Waals surface area contributed by atoms with Gasteiger partial charge < -0.3 is 20.7 Å². The number of carbonyl (C=O) groups is 2. The van der Waals surface area contributed by atoms with Gasteiger partial charge in [0.25, 0.3) is 0 Å². The Morgan fingerprint density at radius 2 is 1.61 bits per heavy atom. The number of esters is 1. The van der Waals surface area contributed by atoms with E-state index in [0.29, 0.717) is 5.56 Å². The molecule has 4 N–H and O–H groups in total. The lowest BCUT2D eigenvalue weighted by Gasteiger charge is -2.22. The van der Waals surface area contributed by atoms with E-state index >= 15 is 0 Å². The number of hydrogen-bond acceptors (Lipinski definition) is 5. The highest BCUT2D eigenvalue weighted by molar-refractivity contribution is 6.04. The molecule has 23 heavy (non-hydrogen) atoms. The molecule has 2 aromatic rings. The fourth-order valence-electron chi connectivity index (χ4n) is 2.02. The number of carboxylic acid groups (broad SMARTS) is 1. The monoisotopic (exact) mass is 315 g/mol. The number of ether oxygens (including phenoxy) is 1. The van der Waals surface area contributed by atoms with Crippen molar-refractivity contribution in [2.45, 2.75) is 18.6 Å². The fraction of sp³-hybridized carbons (Fsp3) is 0.176. The third-order valence-corrected chi connectivity index (χ3v) is 3.38. The van der Waals surface area contributed by atoms with Gasteiger partial charge in [0.2, 0.25) is 5.54 Å². The number of benzene rings is 2. The van der Waals surface area contributed by atoms with E-state index < -0.39 is 17.5 Å². The Bertz CT molecular complexity index is 684. The second kappa shape index (κ2) is 6.93. The molecule has 0 spiro atoms. The average molecular weight is 315 g/mol. The van der Waals surface area contributed by atoms with Gasteiger partial charge in [-0.2, -0.15) is 0 Å². The van der Waals surface area contributed by atoms with Crippen LogP contribution < -0.4 is 5.73 Å². The highest BCUT2D eigenvalue weighted by Gasteiger charge is 2.44. The molecule has 0 saturated carbocycles. The zero-order valence-corrected chi connectivity index (χ0v) is 12.3. The maximum atomic E-state index is 12.2. The number of nitrogens with two attached hydrogens (primary N) is 1. The predicted octanol–water partition coefficient (Wildman–Crippen LogP) is 1.46. The maximum Gasteiger partial charge on any atom is 0.338 e. The van der Waals surface area contributed by atoms with Gasteiger partial charge in [-0.15, -0.1) is 0 Å². The SMILES string of the molecule is NC(Cc1ccc(O)cc1)(C(=O)O)C(=O)OCc1ccccc1. The molecule has 0 fully saturated rings. The summed E-state index contributed by atoms with van der Waals surface area (Å²) in [5, 5.41) is 18.6. The zero-order chi connectivity index (χ0) is 16.9. The van der Waals surface area contributed by atoms with Crippen LogP contribution in [0.3, 0.4) is 0 Å². The van der Waals surface area contributed by atoms with Crippen LogP contribution >= 0.6 is 0 Å². The summed E-state index contributed by atoms with van der Waals surface area (Å²) in [6.07, 6.45) is -0.240. The minimum atomic E-state index is -2.19. The quantitative estimate of drug-likeness (QED) is 0.550. The predicted molar refractivity (Wildman–Crippen MR) is 82.6 cm³/mol. The molecule has 2 rings (SSSR count). The molecule has 0 aliphatic rings. The van der Waals surface area contributed by atoms with Gasteiger partial charge in [-0.3, -0.25) is 0 Å². The normalized spacial score (nSPS) is 13.1. The van der Waals surface area contributed by atoms with Crippen LogP contribution in [-0.4, -0.2) is 27.7 Å². The van der Waals surface area contributed by atoms with Gasteiger partial charge in [-0.05, 0) is 23.3 Å². The fourth-order valence-corrected chi connectivity index (χ4v) is 2.02. The molecule has 120 valence electrons. The summed E-state index contributed by atoms with van der Waals surface area (Å²) in [7, 11) is 0. The summed E-state index contributed by atoms with van der Waals surface area (Å²) in [5.41, 5.74) is 4.83. The molecule has 1 atom stereocenters. The van der Waals surface area contributed by atoms with Gasteiger partial charge in [0.15, 0.2) is 0 Å². The lowest BCUT2D eigenvalue weighted by atomic mass is 9.92. The van der Waals surface area contributed by atoms with Crippen LogP contribution in [0.5, 0.6) is 5.75 Å². The molecular weight excluding hydrogens is 298 g/mol. The molecule has 1 unspecified atom stereocenters. The van der Waals surface area contributed by atoms with Gasteiger partial charge in [0, 0.05) is 6.42 Å². The van der Waals surface area contributed by atoms with Crippen LogP contribution in [0.15, 0.2) is 54.6 Å². The van der Waals surface area contributed by atoms with Gasteiger partial charge in [0.1, 0.15) is 12.4 Å². The van der Waals surface area contributed by atoms with E-state index in [-0.39, 0.29) is 18.8 Å². The Morgan fingerprint density at radius 1 is 1.00 bits per heavy atom. The topological polar surface area (TPSA) is 110 Å². The van der Waals surface area contributed by atoms with Crippen LogP contribution in [0.2, 0.25) is 0 Å².